The number of nitrogens with one attached hydrogen (secondary N) is 1. The van der Waals surface area contributed by atoms with Crippen molar-refractivity contribution in [3.63, 3.8) is 0 Å². The molecule has 0 radical (unpaired) electrons. The predicted molar refractivity (Wildman–Crippen MR) is 136 cm³/mol. The zero-order valence-corrected chi connectivity index (χ0v) is 18.7. The maximum atomic E-state index is 6.21. The lowest BCUT2D eigenvalue weighted by atomic mass is 10.1. The summed E-state index contributed by atoms with van der Waals surface area (Å²) in [6.45, 7) is 4.15. The normalized spacial score (nSPS) is 10.8. The summed E-state index contributed by atoms with van der Waals surface area (Å²) in [5, 5.41) is 1.18. The number of aromatic amines is 1. The summed E-state index contributed by atoms with van der Waals surface area (Å²) in [7, 11) is 0. The van der Waals surface area contributed by atoms with Crippen LogP contribution < -0.4 is 5.73 Å². The monoisotopic (exact) mass is 431 g/mol. The molecule has 0 bridgehead atoms. The Hall–Kier alpha value is -4.38. The smallest absolute Gasteiger partial charge is 0.150 e. The molecule has 3 aromatic carbocycles. The second-order valence-electron chi connectivity index (χ2n) is 8.12. The van der Waals surface area contributed by atoms with Gasteiger partial charge in [0, 0.05) is 35.2 Å². The third kappa shape index (κ3) is 4.08. The van der Waals surface area contributed by atoms with Crippen LogP contribution in [-0.2, 0) is 0 Å². The van der Waals surface area contributed by atoms with E-state index < -0.39 is 0 Å². The molecule has 0 atom stereocenters. The first kappa shape index (κ1) is 20.5. The number of imidazole rings is 1. The fourth-order valence-electron chi connectivity index (χ4n) is 3.90. The van der Waals surface area contributed by atoms with Gasteiger partial charge in [0.25, 0.3) is 0 Å². The van der Waals surface area contributed by atoms with Gasteiger partial charge < -0.3 is 10.7 Å². The minimum atomic E-state index is 0.475. The molecule has 162 valence electrons. The number of anilines is 1. The minimum Gasteiger partial charge on any atom is -0.382 e. The molecule has 3 N–H and O–H groups in total. The summed E-state index contributed by atoms with van der Waals surface area (Å²) in [5.74, 6) is 1.32. The highest BCUT2D eigenvalue weighted by molar-refractivity contribution is 5.90. The Morgan fingerprint density at radius 3 is 2.27 bits per heavy atom. The Bertz CT molecular complexity index is 1530. The average Bonchev–Trinajstić information content (AvgIpc) is 3.45. The molecule has 0 fully saturated rings. The van der Waals surface area contributed by atoms with Crippen molar-refractivity contribution in [1.82, 2.24) is 19.4 Å². The lowest BCUT2D eigenvalue weighted by molar-refractivity contribution is 1.13. The van der Waals surface area contributed by atoms with E-state index in [1.807, 2.05) is 35.0 Å². The van der Waals surface area contributed by atoms with Crippen LogP contribution in [0.15, 0.2) is 97.5 Å². The lowest BCUT2D eigenvalue weighted by Crippen LogP contribution is -1.96. The Morgan fingerprint density at radius 2 is 1.55 bits per heavy atom. The summed E-state index contributed by atoms with van der Waals surface area (Å²) in [6, 6.07) is 26.9. The summed E-state index contributed by atoms with van der Waals surface area (Å²) in [5.41, 5.74) is 13.6. The molecule has 0 saturated heterocycles. The fourth-order valence-corrected chi connectivity index (χ4v) is 3.90. The van der Waals surface area contributed by atoms with Crippen LogP contribution in [0.4, 0.5) is 5.82 Å². The first-order valence-electron chi connectivity index (χ1n) is 10.9. The molecule has 0 spiro atoms. The van der Waals surface area contributed by atoms with E-state index >= 15 is 0 Å². The number of aryl methyl sites for hydroxylation is 2. The van der Waals surface area contributed by atoms with Gasteiger partial charge >= 0.3 is 0 Å². The molecule has 0 aliphatic carbocycles. The molecule has 5 nitrogen and oxygen atoms in total. The van der Waals surface area contributed by atoms with Gasteiger partial charge in [-0.05, 0) is 31.4 Å². The first-order valence-corrected chi connectivity index (χ1v) is 10.9. The molecule has 5 heteroatoms. The van der Waals surface area contributed by atoms with Crippen LogP contribution in [0.5, 0.6) is 0 Å². The number of nitrogen functional groups attached to an aromatic ring is 1. The number of rotatable bonds is 2. The number of aromatic nitrogens is 4. The zero-order chi connectivity index (χ0) is 22.8. The van der Waals surface area contributed by atoms with Crippen molar-refractivity contribution in [1.29, 1.82) is 0 Å². The van der Waals surface area contributed by atoms with Crippen molar-refractivity contribution < 1.29 is 0 Å². The SMILES string of the molecule is Cc1ccc(-c2nc(-c3ccc4cc[nH]c4c3)n3ccnc(N)c23)cc1.Cc1ccccc1. The van der Waals surface area contributed by atoms with Crippen molar-refractivity contribution >= 4 is 22.2 Å². The van der Waals surface area contributed by atoms with E-state index in [2.05, 4.69) is 84.5 Å². The van der Waals surface area contributed by atoms with E-state index in [1.165, 1.54) is 16.5 Å². The molecular weight excluding hydrogens is 406 g/mol. The highest BCUT2D eigenvalue weighted by Crippen LogP contribution is 2.33. The summed E-state index contributed by atoms with van der Waals surface area (Å²) in [6.07, 6.45) is 5.56. The average molecular weight is 432 g/mol. The van der Waals surface area contributed by atoms with Crippen molar-refractivity contribution in [3.05, 3.63) is 109 Å². The highest BCUT2D eigenvalue weighted by Gasteiger charge is 2.17. The Kier molecular flexibility index (Phi) is 5.37. The van der Waals surface area contributed by atoms with Crippen LogP contribution in [0.3, 0.4) is 0 Å². The third-order valence-corrected chi connectivity index (χ3v) is 5.66. The lowest BCUT2D eigenvalue weighted by Gasteiger charge is -2.03. The Balaban J connectivity index is 0.000000281. The summed E-state index contributed by atoms with van der Waals surface area (Å²) < 4.78 is 2.02. The summed E-state index contributed by atoms with van der Waals surface area (Å²) in [4.78, 5) is 12.5. The van der Waals surface area contributed by atoms with Crippen molar-refractivity contribution in [3.8, 4) is 22.6 Å². The van der Waals surface area contributed by atoms with Gasteiger partial charge in [-0.25, -0.2) is 9.97 Å². The molecule has 0 unspecified atom stereocenters. The third-order valence-electron chi connectivity index (χ3n) is 5.66. The molecule has 6 rings (SSSR count). The number of benzene rings is 3. The van der Waals surface area contributed by atoms with Crippen molar-refractivity contribution in [2.45, 2.75) is 13.8 Å². The second-order valence-corrected chi connectivity index (χ2v) is 8.12. The number of nitrogens with zero attached hydrogens (tertiary/aromatic N) is 3. The molecule has 3 aromatic heterocycles. The minimum absolute atomic E-state index is 0.475. The standard InChI is InChI=1S/C21H17N5.C7H8/c1-13-2-4-15(5-3-13)18-19-20(22)24-10-11-26(19)21(25-18)16-7-6-14-8-9-23-17(14)12-16;1-7-5-3-2-4-6-7/h2-12,23H,1H3,(H2,22,24);2-6H,1H3. The van der Waals surface area contributed by atoms with Gasteiger partial charge in [0.1, 0.15) is 22.9 Å². The molecule has 0 saturated carbocycles. The van der Waals surface area contributed by atoms with Crippen LogP contribution >= 0.6 is 0 Å². The van der Waals surface area contributed by atoms with E-state index in [4.69, 9.17) is 10.7 Å². The topological polar surface area (TPSA) is 72.0 Å². The van der Waals surface area contributed by atoms with Gasteiger partial charge in [0.05, 0.1) is 0 Å². The maximum Gasteiger partial charge on any atom is 0.150 e. The van der Waals surface area contributed by atoms with Gasteiger partial charge in [-0.2, -0.15) is 0 Å². The zero-order valence-electron chi connectivity index (χ0n) is 18.7. The molecule has 0 aliphatic rings. The summed E-state index contributed by atoms with van der Waals surface area (Å²) >= 11 is 0. The number of nitrogens with two attached hydrogens (primary N) is 1. The quantitative estimate of drug-likeness (QED) is 0.332. The molecule has 6 aromatic rings. The van der Waals surface area contributed by atoms with Gasteiger partial charge in [-0.15, -0.1) is 0 Å². The second kappa shape index (κ2) is 8.63. The molecule has 33 heavy (non-hydrogen) atoms. The van der Waals surface area contributed by atoms with E-state index in [0.717, 1.165) is 33.7 Å². The van der Waals surface area contributed by atoms with Crippen LogP contribution in [0.1, 0.15) is 11.1 Å². The van der Waals surface area contributed by atoms with E-state index in [-0.39, 0.29) is 0 Å². The predicted octanol–water partition coefficient (Wildman–Crippen LogP) is 6.43. The van der Waals surface area contributed by atoms with Gasteiger partial charge in [0.2, 0.25) is 0 Å². The Labute approximate surface area is 192 Å². The molecule has 0 amide bonds. The molecule has 3 heterocycles. The van der Waals surface area contributed by atoms with Gasteiger partial charge in [0.15, 0.2) is 0 Å². The first-order chi connectivity index (χ1) is 16.1. The Morgan fingerprint density at radius 1 is 0.818 bits per heavy atom. The van der Waals surface area contributed by atoms with Gasteiger partial charge in [-0.3, -0.25) is 4.40 Å². The van der Waals surface area contributed by atoms with Crippen molar-refractivity contribution in [2.24, 2.45) is 0 Å². The van der Waals surface area contributed by atoms with Crippen LogP contribution in [-0.4, -0.2) is 19.4 Å². The largest absolute Gasteiger partial charge is 0.382 e. The number of hydrogen-bond donors (Lipinski definition) is 2. The number of hydrogen-bond acceptors (Lipinski definition) is 3. The van der Waals surface area contributed by atoms with E-state index in [9.17, 15) is 0 Å². The van der Waals surface area contributed by atoms with Gasteiger partial charge in [-0.1, -0.05) is 77.9 Å². The maximum absolute atomic E-state index is 6.21. The van der Waals surface area contributed by atoms with Crippen LogP contribution in [0.2, 0.25) is 0 Å². The van der Waals surface area contributed by atoms with E-state index in [0.29, 0.717) is 5.82 Å². The highest BCUT2D eigenvalue weighted by atomic mass is 15.1. The fraction of sp³-hybridized carbons (Fsp3) is 0.0714. The molecular formula is C28H25N5. The van der Waals surface area contributed by atoms with Crippen LogP contribution in [0, 0.1) is 13.8 Å². The number of fused-ring (bicyclic) bond motifs is 2. The molecule has 0 aliphatic heterocycles. The van der Waals surface area contributed by atoms with Crippen LogP contribution in [0.25, 0.3) is 39.1 Å². The van der Waals surface area contributed by atoms with E-state index in [1.54, 1.807) is 6.20 Å². The van der Waals surface area contributed by atoms with Crippen molar-refractivity contribution in [2.75, 3.05) is 5.73 Å². The number of H-pyrrole nitrogens is 1.